The highest BCUT2D eigenvalue weighted by Crippen LogP contribution is 2.34. The lowest BCUT2D eigenvalue weighted by atomic mass is 10.2. The molecule has 1 aromatic carbocycles. The molecule has 2 aromatic rings. The molecule has 0 saturated heterocycles. The lowest BCUT2D eigenvalue weighted by molar-refractivity contribution is 0.405. The Kier molecular flexibility index (Phi) is 2.02. The van der Waals surface area contributed by atoms with Gasteiger partial charge in [0.15, 0.2) is 11.5 Å². The Morgan fingerprint density at radius 3 is 2.64 bits per heavy atom. The number of aromatic hydroxyl groups is 2. The molecule has 70 valence electrons. The molecule has 0 bridgehead atoms. The van der Waals surface area contributed by atoms with Crippen LogP contribution in [0.5, 0.6) is 11.5 Å². The van der Waals surface area contributed by atoms with Gasteiger partial charge in [0.05, 0.1) is 12.5 Å². The summed E-state index contributed by atoms with van der Waals surface area (Å²) >= 11 is 1.45. The van der Waals surface area contributed by atoms with Crippen molar-refractivity contribution >= 4 is 21.4 Å². The summed E-state index contributed by atoms with van der Waals surface area (Å²) in [7, 11) is 0. The summed E-state index contributed by atoms with van der Waals surface area (Å²) in [4.78, 5) is 0.938. The van der Waals surface area contributed by atoms with Gasteiger partial charge in [0.1, 0.15) is 0 Å². The first-order valence-corrected chi connectivity index (χ1v) is 4.83. The van der Waals surface area contributed by atoms with Gasteiger partial charge in [0.25, 0.3) is 0 Å². The van der Waals surface area contributed by atoms with E-state index >= 15 is 0 Å². The Labute approximate surface area is 84.5 Å². The first-order valence-electron chi connectivity index (χ1n) is 4.02. The van der Waals surface area contributed by atoms with Crippen LogP contribution in [0.4, 0.5) is 0 Å². The molecule has 0 spiro atoms. The largest absolute Gasteiger partial charge is 0.504 e. The summed E-state index contributed by atoms with van der Waals surface area (Å²) in [6, 6.07) is 6.92. The van der Waals surface area contributed by atoms with E-state index in [1.807, 2.05) is 6.07 Å². The molecule has 0 fully saturated rings. The van der Waals surface area contributed by atoms with Crippen LogP contribution >= 0.6 is 11.3 Å². The highest BCUT2D eigenvalue weighted by Gasteiger charge is 2.06. The second kappa shape index (κ2) is 3.20. The number of fused-ring (bicyclic) bond motifs is 1. The molecule has 14 heavy (non-hydrogen) atoms. The maximum atomic E-state index is 9.25. The van der Waals surface area contributed by atoms with E-state index in [0.717, 1.165) is 15.0 Å². The van der Waals surface area contributed by atoms with Gasteiger partial charge in [-0.25, -0.2) is 0 Å². The van der Waals surface area contributed by atoms with Crippen molar-refractivity contribution in [2.24, 2.45) is 0 Å². The van der Waals surface area contributed by atoms with Crippen LogP contribution in [0.3, 0.4) is 0 Å². The van der Waals surface area contributed by atoms with Crippen LogP contribution in [0.1, 0.15) is 4.88 Å². The Morgan fingerprint density at radius 2 is 1.93 bits per heavy atom. The first kappa shape index (κ1) is 8.85. The van der Waals surface area contributed by atoms with Crippen molar-refractivity contribution in [3.05, 3.63) is 23.1 Å². The number of benzene rings is 1. The minimum Gasteiger partial charge on any atom is -0.504 e. The molecule has 0 saturated carbocycles. The fraction of sp³-hybridized carbons (Fsp3) is 0.100. The molecule has 2 rings (SSSR count). The number of hydrogen-bond acceptors (Lipinski definition) is 4. The van der Waals surface area contributed by atoms with Gasteiger partial charge < -0.3 is 10.2 Å². The zero-order valence-electron chi connectivity index (χ0n) is 7.19. The monoisotopic (exact) mass is 205 g/mol. The molecule has 0 unspecified atom stereocenters. The van der Waals surface area contributed by atoms with Gasteiger partial charge >= 0.3 is 0 Å². The van der Waals surface area contributed by atoms with Gasteiger partial charge in [-0.1, -0.05) is 0 Å². The molecule has 0 aliphatic carbocycles. The molecule has 1 aromatic heterocycles. The second-order valence-electron chi connectivity index (χ2n) is 2.93. The van der Waals surface area contributed by atoms with Crippen LogP contribution in [-0.4, -0.2) is 10.2 Å². The molecule has 0 amide bonds. The van der Waals surface area contributed by atoms with Crippen LogP contribution in [0, 0.1) is 11.3 Å². The van der Waals surface area contributed by atoms with E-state index in [1.54, 1.807) is 0 Å². The normalized spacial score (nSPS) is 10.2. The van der Waals surface area contributed by atoms with Crippen LogP contribution in [0.25, 0.3) is 10.1 Å². The summed E-state index contributed by atoms with van der Waals surface area (Å²) in [6.45, 7) is 0. The van der Waals surface area contributed by atoms with Crippen LogP contribution in [0.2, 0.25) is 0 Å². The maximum absolute atomic E-state index is 9.25. The molecule has 0 aliphatic heterocycles. The van der Waals surface area contributed by atoms with Crippen molar-refractivity contribution in [1.82, 2.24) is 0 Å². The summed E-state index contributed by atoms with van der Waals surface area (Å²) in [5.74, 6) is -0.248. The molecular weight excluding hydrogens is 198 g/mol. The van der Waals surface area contributed by atoms with Crippen molar-refractivity contribution in [2.45, 2.75) is 6.42 Å². The highest BCUT2D eigenvalue weighted by molar-refractivity contribution is 7.19. The Balaban J connectivity index is 2.61. The average molecular weight is 205 g/mol. The third-order valence-corrected chi connectivity index (χ3v) is 3.02. The van der Waals surface area contributed by atoms with E-state index in [-0.39, 0.29) is 11.5 Å². The average Bonchev–Trinajstić information content (AvgIpc) is 2.48. The van der Waals surface area contributed by atoms with E-state index in [9.17, 15) is 10.2 Å². The minimum absolute atomic E-state index is 0.122. The number of phenolic OH excluding ortho intramolecular Hbond substituents is 2. The number of phenols is 2. The third-order valence-electron chi connectivity index (χ3n) is 1.92. The third kappa shape index (κ3) is 1.38. The zero-order valence-corrected chi connectivity index (χ0v) is 8.01. The van der Waals surface area contributed by atoms with Crippen LogP contribution in [-0.2, 0) is 6.42 Å². The lowest BCUT2D eigenvalue weighted by Crippen LogP contribution is -1.69. The van der Waals surface area contributed by atoms with Gasteiger partial charge in [-0.2, -0.15) is 5.26 Å². The van der Waals surface area contributed by atoms with Crippen molar-refractivity contribution in [2.75, 3.05) is 0 Å². The van der Waals surface area contributed by atoms with E-state index in [2.05, 4.69) is 6.07 Å². The Morgan fingerprint density at radius 1 is 1.21 bits per heavy atom. The molecular formula is C10H7NO2S. The van der Waals surface area contributed by atoms with Crippen LogP contribution < -0.4 is 0 Å². The summed E-state index contributed by atoms with van der Waals surface area (Å²) in [5, 5.41) is 27.9. The summed E-state index contributed by atoms with van der Waals surface area (Å²) in [6.07, 6.45) is 0.362. The fourth-order valence-corrected chi connectivity index (χ4v) is 2.30. The van der Waals surface area contributed by atoms with Gasteiger partial charge in [0.2, 0.25) is 0 Å². The number of thiophene rings is 1. The van der Waals surface area contributed by atoms with Crippen LogP contribution in [0.15, 0.2) is 18.2 Å². The quantitative estimate of drug-likeness (QED) is 0.702. The molecule has 3 nitrogen and oxygen atoms in total. The predicted octanol–water partition coefficient (Wildman–Crippen LogP) is 2.38. The van der Waals surface area contributed by atoms with Gasteiger partial charge in [-0.3, -0.25) is 0 Å². The molecule has 2 N–H and O–H groups in total. The second-order valence-corrected chi connectivity index (χ2v) is 4.09. The summed E-state index contributed by atoms with van der Waals surface area (Å²) < 4.78 is 0.880. The fourth-order valence-electron chi connectivity index (χ4n) is 1.28. The van der Waals surface area contributed by atoms with Gasteiger partial charge in [-0.15, -0.1) is 11.3 Å². The lowest BCUT2D eigenvalue weighted by Gasteiger charge is -1.95. The predicted molar refractivity (Wildman–Crippen MR) is 54.5 cm³/mol. The molecule has 0 atom stereocenters. The van der Waals surface area contributed by atoms with Crippen molar-refractivity contribution in [3.63, 3.8) is 0 Å². The number of rotatable bonds is 1. The van der Waals surface area contributed by atoms with E-state index in [1.165, 1.54) is 23.5 Å². The van der Waals surface area contributed by atoms with Crippen molar-refractivity contribution in [1.29, 1.82) is 5.26 Å². The topological polar surface area (TPSA) is 64.2 Å². The van der Waals surface area contributed by atoms with E-state index < -0.39 is 0 Å². The molecule has 0 radical (unpaired) electrons. The van der Waals surface area contributed by atoms with Gasteiger partial charge in [-0.05, 0) is 17.5 Å². The first-order chi connectivity index (χ1) is 6.70. The molecule has 4 heteroatoms. The Hall–Kier alpha value is -1.73. The number of hydrogen-bond donors (Lipinski definition) is 2. The maximum Gasteiger partial charge on any atom is 0.158 e. The zero-order chi connectivity index (χ0) is 10.1. The van der Waals surface area contributed by atoms with Crippen molar-refractivity contribution < 1.29 is 10.2 Å². The minimum atomic E-state index is -0.126. The molecule has 0 aliphatic rings. The molecule has 1 heterocycles. The number of nitrogens with zero attached hydrogens (tertiary/aromatic N) is 1. The summed E-state index contributed by atoms with van der Waals surface area (Å²) in [5.41, 5.74) is 0. The smallest absolute Gasteiger partial charge is 0.158 e. The van der Waals surface area contributed by atoms with Gasteiger partial charge in [0, 0.05) is 15.6 Å². The van der Waals surface area contributed by atoms with Crippen molar-refractivity contribution in [3.8, 4) is 17.6 Å². The SMILES string of the molecule is N#CCc1cc2cc(O)c(O)cc2s1. The highest BCUT2D eigenvalue weighted by atomic mass is 32.1. The van der Waals surface area contributed by atoms with E-state index in [4.69, 9.17) is 5.26 Å². The van der Waals surface area contributed by atoms with E-state index in [0.29, 0.717) is 6.42 Å². The Bertz CT molecular complexity index is 486. The standard InChI is InChI=1S/C10H7NO2S/c11-2-1-7-3-6-4-8(12)9(13)5-10(6)14-7/h3-5,12-13H,1H2. The number of nitriles is 1.